The monoisotopic (exact) mass is 623 g/mol. The first-order valence-electron chi connectivity index (χ1n) is 16.3. The van der Waals surface area contributed by atoms with Crippen molar-refractivity contribution in [2.24, 2.45) is 0 Å². The minimum absolute atomic E-state index is 0.598. The van der Waals surface area contributed by atoms with E-state index in [0.717, 1.165) is 82.5 Å². The summed E-state index contributed by atoms with van der Waals surface area (Å²) in [6.07, 6.45) is 0. The molecule has 10 rings (SSSR count). The number of fused-ring (bicyclic) bond motifs is 11. The highest BCUT2D eigenvalue weighted by molar-refractivity contribution is 6.31. The predicted octanol–water partition coefficient (Wildman–Crippen LogP) is 10.7. The van der Waals surface area contributed by atoms with Crippen LogP contribution in [0.2, 0.25) is 0 Å². The maximum Gasteiger partial charge on any atom is 0.101 e. The predicted molar refractivity (Wildman–Crippen MR) is 199 cm³/mol. The third-order valence-corrected chi connectivity index (χ3v) is 9.90. The molecule has 0 N–H and O–H groups in total. The quantitative estimate of drug-likeness (QED) is 0.197. The third-order valence-electron chi connectivity index (χ3n) is 9.90. The van der Waals surface area contributed by atoms with Crippen LogP contribution in [0, 0.1) is 22.7 Å². The molecule has 0 spiro atoms. The van der Waals surface area contributed by atoms with Crippen molar-refractivity contribution in [2.75, 3.05) is 0 Å². The Morgan fingerprint density at radius 2 is 0.796 bits per heavy atom. The van der Waals surface area contributed by atoms with Crippen molar-refractivity contribution in [2.45, 2.75) is 0 Å². The zero-order valence-corrected chi connectivity index (χ0v) is 26.2. The summed E-state index contributed by atoms with van der Waals surface area (Å²) in [6.45, 7) is 0. The van der Waals surface area contributed by atoms with Gasteiger partial charge < -0.3 is 13.7 Å². The van der Waals surface area contributed by atoms with Gasteiger partial charge >= 0.3 is 0 Å². The fourth-order valence-electron chi connectivity index (χ4n) is 7.98. The molecule has 0 fully saturated rings. The molecule has 0 radical (unpaired) electrons. The van der Waals surface area contributed by atoms with Crippen LogP contribution in [-0.4, -0.2) is 13.7 Å². The van der Waals surface area contributed by atoms with Crippen LogP contribution in [0.4, 0.5) is 0 Å². The summed E-state index contributed by atoms with van der Waals surface area (Å²) < 4.78 is 6.86. The minimum atomic E-state index is 0.598. The van der Waals surface area contributed by atoms with Crippen LogP contribution < -0.4 is 0 Å². The number of aromatic nitrogens is 3. The average molecular weight is 624 g/mol. The lowest BCUT2D eigenvalue weighted by Gasteiger charge is -2.12. The summed E-state index contributed by atoms with van der Waals surface area (Å²) in [5.41, 5.74) is 10.3. The van der Waals surface area contributed by atoms with Crippen LogP contribution in [0.3, 0.4) is 0 Å². The van der Waals surface area contributed by atoms with Crippen LogP contribution in [0.25, 0.3) is 82.5 Å². The van der Waals surface area contributed by atoms with Gasteiger partial charge in [-0.2, -0.15) is 10.5 Å². The number of rotatable bonds is 3. The number of para-hydroxylation sites is 5. The fraction of sp³-hybridized carbons (Fsp3) is 0. The lowest BCUT2D eigenvalue weighted by atomic mass is 10.1. The summed E-state index contributed by atoms with van der Waals surface area (Å²) in [5.74, 6) is 0. The van der Waals surface area contributed by atoms with E-state index < -0.39 is 0 Å². The smallest absolute Gasteiger partial charge is 0.101 e. The molecule has 0 unspecified atom stereocenters. The summed E-state index contributed by atoms with van der Waals surface area (Å²) >= 11 is 0. The van der Waals surface area contributed by atoms with Gasteiger partial charge in [-0.15, -0.1) is 0 Å². The lowest BCUT2D eigenvalue weighted by molar-refractivity contribution is 1.16. The molecule has 49 heavy (non-hydrogen) atoms. The maximum absolute atomic E-state index is 10.5. The Morgan fingerprint density at radius 1 is 0.347 bits per heavy atom. The molecule has 7 aromatic carbocycles. The summed E-state index contributed by atoms with van der Waals surface area (Å²) in [4.78, 5) is 0. The number of nitrogens with zero attached hydrogens (tertiary/aromatic N) is 5. The van der Waals surface area contributed by atoms with E-state index in [4.69, 9.17) is 0 Å². The molecule has 226 valence electrons. The normalized spacial score (nSPS) is 11.6. The van der Waals surface area contributed by atoms with Gasteiger partial charge in [-0.3, -0.25) is 0 Å². The van der Waals surface area contributed by atoms with Crippen molar-refractivity contribution in [3.63, 3.8) is 0 Å². The molecule has 0 aliphatic heterocycles. The van der Waals surface area contributed by atoms with Gasteiger partial charge in [0.15, 0.2) is 0 Å². The molecule has 10 aromatic rings. The molecule has 5 heteroatoms. The molecular weight excluding hydrogens is 599 g/mol. The van der Waals surface area contributed by atoms with Gasteiger partial charge in [0, 0.05) is 38.0 Å². The Kier molecular flexibility index (Phi) is 5.64. The van der Waals surface area contributed by atoms with E-state index in [1.165, 1.54) is 0 Å². The minimum Gasteiger partial charge on any atom is -0.309 e. The van der Waals surface area contributed by atoms with E-state index in [-0.39, 0.29) is 0 Å². The van der Waals surface area contributed by atoms with Crippen molar-refractivity contribution in [1.82, 2.24) is 13.7 Å². The van der Waals surface area contributed by atoms with Gasteiger partial charge in [-0.1, -0.05) is 91.0 Å². The Bertz CT molecular complexity index is 3070. The zero-order valence-electron chi connectivity index (χ0n) is 26.2. The SMILES string of the molecule is N#Cc1ccccc1-n1c2ccccc2c2c1ccc1c3ccc4c(c5ccccc5n4-c4ccccc4)c3n(-c3ccccc3C#N)c12. The molecule has 0 aliphatic carbocycles. The number of nitriles is 2. The molecule has 5 nitrogen and oxygen atoms in total. The second-order valence-corrected chi connectivity index (χ2v) is 12.3. The van der Waals surface area contributed by atoms with Crippen molar-refractivity contribution < 1.29 is 0 Å². The van der Waals surface area contributed by atoms with Crippen LogP contribution in [-0.2, 0) is 0 Å². The molecule has 0 saturated carbocycles. The molecule has 3 heterocycles. The number of benzene rings is 7. The molecule has 3 aromatic heterocycles. The summed E-state index contributed by atoms with van der Waals surface area (Å²) in [5, 5.41) is 27.3. The molecule has 0 amide bonds. The highest BCUT2D eigenvalue weighted by atomic mass is 15.0. The zero-order chi connectivity index (χ0) is 32.6. The topological polar surface area (TPSA) is 62.4 Å². The summed E-state index contributed by atoms with van der Waals surface area (Å²) in [7, 11) is 0. The van der Waals surface area contributed by atoms with Crippen LogP contribution >= 0.6 is 0 Å². The van der Waals surface area contributed by atoms with Gasteiger partial charge in [-0.25, -0.2) is 0 Å². The van der Waals surface area contributed by atoms with Gasteiger partial charge in [0.2, 0.25) is 0 Å². The Morgan fingerprint density at radius 3 is 1.37 bits per heavy atom. The highest BCUT2D eigenvalue weighted by Gasteiger charge is 2.25. The van der Waals surface area contributed by atoms with Crippen molar-refractivity contribution in [3.05, 3.63) is 163 Å². The van der Waals surface area contributed by atoms with E-state index in [0.29, 0.717) is 11.1 Å². The molecule has 0 bridgehead atoms. The number of hydrogen-bond donors (Lipinski definition) is 0. The Balaban J connectivity index is 1.50. The van der Waals surface area contributed by atoms with E-state index in [1.54, 1.807) is 0 Å². The van der Waals surface area contributed by atoms with Crippen LogP contribution in [0.1, 0.15) is 11.1 Å². The standard InChI is InChI=1S/C44H25N5/c45-26-28-12-4-8-18-35(28)48-38-21-11-7-17-34(38)42-40(48)25-23-32-31-22-24-39-41(43(31)49(44(32)42)36-19-9-5-13-29(36)27-46)33-16-6-10-20-37(33)47(39)30-14-2-1-3-15-30/h1-25H. The molecule has 0 atom stereocenters. The summed E-state index contributed by atoms with van der Waals surface area (Å²) in [6, 6.07) is 56.9. The molecular formula is C44H25N5. The second kappa shape index (κ2) is 10.2. The van der Waals surface area contributed by atoms with Crippen molar-refractivity contribution in [3.8, 4) is 29.2 Å². The van der Waals surface area contributed by atoms with Crippen molar-refractivity contribution >= 4 is 65.4 Å². The first-order chi connectivity index (χ1) is 24.3. The van der Waals surface area contributed by atoms with Gasteiger partial charge in [-0.05, 0) is 60.7 Å². The number of hydrogen-bond acceptors (Lipinski definition) is 2. The van der Waals surface area contributed by atoms with E-state index in [9.17, 15) is 10.5 Å². The first-order valence-corrected chi connectivity index (χ1v) is 16.3. The highest BCUT2D eigenvalue weighted by Crippen LogP contribution is 2.46. The maximum atomic E-state index is 10.5. The Hall–Kier alpha value is -7.08. The molecule has 0 aliphatic rings. The fourth-order valence-corrected chi connectivity index (χ4v) is 7.98. The van der Waals surface area contributed by atoms with Crippen molar-refractivity contribution in [1.29, 1.82) is 10.5 Å². The van der Waals surface area contributed by atoms with E-state index in [2.05, 4.69) is 123 Å². The van der Waals surface area contributed by atoms with Crippen LogP contribution in [0.5, 0.6) is 0 Å². The van der Waals surface area contributed by atoms with E-state index >= 15 is 0 Å². The Labute approximate surface area is 280 Å². The van der Waals surface area contributed by atoms with Gasteiger partial charge in [0.05, 0.1) is 55.6 Å². The van der Waals surface area contributed by atoms with Gasteiger partial charge in [0.25, 0.3) is 0 Å². The second-order valence-electron chi connectivity index (χ2n) is 12.3. The molecule has 0 saturated heterocycles. The van der Waals surface area contributed by atoms with E-state index in [1.807, 2.05) is 54.6 Å². The average Bonchev–Trinajstić information content (AvgIpc) is 3.80. The first kappa shape index (κ1) is 27.1. The largest absolute Gasteiger partial charge is 0.309 e. The van der Waals surface area contributed by atoms with Crippen LogP contribution in [0.15, 0.2) is 152 Å². The third kappa shape index (κ3) is 3.62. The van der Waals surface area contributed by atoms with Gasteiger partial charge in [0.1, 0.15) is 12.1 Å². The lowest BCUT2D eigenvalue weighted by Crippen LogP contribution is -1.99.